The summed E-state index contributed by atoms with van der Waals surface area (Å²) in [6.45, 7) is 1.59. The zero-order valence-electron chi connectivity index (χ0n) is 10.4. The van der Waals surface area contributed by atoms with Gasteiger partial charge in [0.1, 0.15) is 5.69 Å². The van der Waals surface area contributed by atoms with Gasteiger partial charge in [-0.3, -0.25) is 9.36 Å². The molecule has 0 aliphatic heterocycles. The average Bonchev–Trinajstić information content (AvgIpc) is 2.26. The molecule has 0 saturated carbocycles. The fourth-order valence-electron chi connectivity index (χ4n) is 1.59. The molecule has 0 amide bonds. The van der Waals surface area contributed by atoms with Crippen LogP contribution in [0, 0.1) is 0 Å². The lowest BCUT2D eigenvalue weighted by Crippen LogP contribution is -2.41. The van der Waals surface area contributed by atoms with Crippen molar-refractivity contribution < 1.29 is 8.42 Å². The van der Waals surface area contributed by atoms with Crippen molar-refractivity contribution in [2.24, 2.45) is 7.05 Å². The summed E-state index contributed by atoms with van der Waals surface area (Å²) in [5.41, 5.74) is 4.15. The maximum absolute atomic E-state index is 11.7. The maximum Gasteiger partial charge on any atom is 0.330 e. The van der Waals surface area contributed by atoms with Crippen LogP contribution in [-0.2, 0) is 23.4 Å². The standard InChI is InChI=1S/C10H17N3O4S/c1-3-5-18(16,17)6-4-13-9(14)8(11)7-12(2)10(13)15/h7H,3-6,11H2,1-2H3. The van der Waals surface area contributed by atoms with Crippen LogP contribution in [0.1, 0.15) is 13.3 Å². The highest BCUT2D eigenvalue weighted by atomic mass is 32.2. The molecule has 2 N–H and O–H groups in total. The highest BCUT2D eigenvalue weighted by Crippen LogP contribution is 1.95. The van der Waals surface area contributed by atoms with Gasteiger partial charge in [-0.25, -0.2) is 13.2 Å². The van der Waals surface area contributed by atoms with Crippen LogP contribution in [0.15, 0.2) is 15.8 Å². The van der Waals surface area contributed by atoms with Crippen LogP contribution >= 0.6 is 0 Å². The molecule has 1 heterocycles. The Morgan fingerprint density at radius 1 is 1.28 bits per heavy atom. The number of nitrogens with zero attached hydrogens (tertiary/aromatic N) is 2. The van der Waals surface area contributed by atoms with Crippen molar-refractivity contribution in [2.45, 2.75) is 19.9 Å². The number of nitrogens with two attached hydrogens (primary N) is 1. The van der Waals surface area contributed by atoms with Crippen LogP contribution in [0.3, 0.4) is 0 Å². The van der Waals surface area contributed by atoms with Crippen LogP contribution < -0.4 is 17.0 Å². The quantitative estimate of drug-likeness (QED) is 0.738. The highest BCUT2D eigenvalue weighted by Gasteiger charge is 2.13. The van der Waals surface area contributed by atoms with E-state index in [4.69, 9.17) is 5.73 Å². The number of hydrogen-bond acceptors (Lipinski definition) is 5. The minimum absolute atomic E-state index is 0.0460. The summed E-state index contributed by atoms with van der Waals surface area (Å²) in [6, 6.07) is 0. The molecule has 0 saturated heterocycles. The minimum atomic E-state index is -3.24. The van der Waals surface area contributed by atoms with Gasteiger partial charge in [-0.2, -0.15) is 0 Å². The third kappa shape index (κ3) is 3.22. The predicted octanol–water partition coefficient (Wildman–Crippen LogP) is -1.05. The predicted molar refractivity (Wildman–Crippen MR) is 69.3 cm³/mol. The molecule has 8 heteroatoms. The second-order valence-corrected chi connectivity index (χ2v) is 6.39. The lowest BCUT2D eigenvalue weighted by molar-refractivity contribution is 0.575. The number of aryl methyl sites for hydroxylation is 1. The van der Waals surface area contributed by atoms with Crippen molar-refractivity contribution in [3.63, 3.8) is 0 Å². The Kier molecular flexibility index (Phi) is 4.33. The van der Waals surface area contributed by atoms with E-state index >= 15 is 0 Å². The molecule has 7 nitrogen and oxygen atoms in total. The molecular weight excluding hydrogens is 258 g/mol. The van der Waals surface area contributed by atoms with E-state index in [2.05, 4.69) is 0 Å². The van der Waals surface area contributed by atoms with Gasteiger partial charge in [-0.15, -0.1) is 0 Å². The Balaban J connectivity index is 3.07. The molecule has 0 unspecified atom stereocenters. The summed E-state index contributed by atoms with van der Waals surface area (Å²) in [7, 11) is -1.78. The number of aromatic nitrogens is 2. The number of hydrogen-bond donors (Lipinski definition) is 1. The molecule has 18 heavy (non-hydrogen) atoms. The minimum Gasteiger partial charge on any atom is -0.393 e. The largest absolute Gasteiger partial charge is 0.393 e. The van der Waals surface area contributed by atoms with E-state index in [1.54, 1.807) is 6.92 Å². The normalized spacial score (nSPS) is 11.7. The number of rotatable bonds is 5. The lowest BCUT2D eigenvalue weighted by atomic mass is 10.5. The first kappa shape index (κ1) is 14.5. The second kappa shape index (κ2) is 5.38. The Bertz CT molecular complexity index is 608. The molecular formula is C10H17N3O4S. The fourth-order valence-corrected chi connectivity index (χ4v) is 2.88. The molecule has 1 aromatic heterocycles. The zero-order chi connectivity index (χ0) is 13.9. The van der Waals surface area contributed by atoms with Crippen molar-refractivity contribution >= 4 is 15.5 Å². The Hall–Kier alpha value is -1.57. The van der Waals surface area contributed by atoms with E-state index in [9.17, 15) is 18.0 Å². The Morgan fingerprint density at radius 2 is 1.89 bits per heavy atom. The smallest absolute Gasteiger partial charge is 0.330 e. The maximum atomic E-state index is 11.7. The van der Waals surface area contributed by atoms with Crippen LogP contribution in [-0.4, -0.2) is 29.1 Å². The van der Waals surface area contributed by atoms with E-state index in [-0.39, 0.29) is 23.7 Å². The summed E-state index contributed by atoms with van der Waals surface area (Å²) in [5, 5.41) is 0. The lowest BCUT2D eigenvalue weighted by Gasteiger charge is -2.08. The molecule has 0 aliphatic carbocycles. The van der Waals surface area contributed by atoms with Gasteiger partial charge in [0, 0.05) is 25.5 Å². The number of anilines is 1. The van der Waals surface area contributed by atoms with Crippen LogP contribution in [0.5, 0.6) is 0 Å². The summed E-state index contributed by atoms with van der Waals surface area (Å²) in [4.78, 5) is 23.3. The molecule has 0 bridgehead atoms. The van der Waals surface area contributed by atoms with Crippen molar-refractivity contribution in [1.82, 2.24) is 9.13 Å². The zero-order valence-corrected chi connectivity index (χ0v) is 11.2. The first-order chi connectivity index (χ1) is 8.28. The van der Waals surface area contributed by atoms with E-state index in [0.717, 1.165) is 9.13 Å². The first-order valence-corrected chi connectivity index (χ1v) is 7.37. The molecule has 1 rings (SSSR count). The van der Waals surface area contributed by atoms with Crippen LogP contribution in [0.2, 0.25) is 0 Å². The third-order valence-corrected chi connectivity index (χ3v) is 4.33. The molecule has 0 fully saturated rings. The molecule has 0 atom stereocenters. The van der Waals surface area contributed by atoms with E-state index in [0.29, 0.717) is 6.42 Å². The number of nitrogen functional groups attached to an aromatic ring is 1. The van der Waals surface area contributed by atoms with Crippen molar-refractivity contribution in [3.05, 3.63) is 27.0 Å². The Labute approximate surface area is 105 Å². The van der Waals surface area contributed by atoms with Crippen LogP contribution in [0.25, 0.3) is 0 Å². The third-order valence-electron chi connectivity index (χ3n) is 2.50. The topological polar surface area (TPSA) is 104 Å². The van der Waals surface area contributed by atoms with E-state index in [1.807, 2.05) is 0 Å². The summed E-state index contributed by atoms with van der Waals surface area (Å²) in [5.74, 6) is -0.191. The average molecular weight is 275 g/mol. The van der Waals surface area contributed by atoms with E-state index in [1.165, 1.54) is 13.2 Å². The van der Waals surface area contributed by atoms with Crippen molar-refractivity contribution in [3.8, 4) is 0 Å². The van der Waals surface area contributed by atoms with Gasteiger partial charge in [-0.05, 0) is 6.42 Å². The molecule has 0 spiro atoms. The summed E-state index contributed by atoms with van der Waals surface area (Å²) in [6.07, 6.45) is 1.73. The Morgan fingerprint density at radius 3 is 2.44 bits per heavy atom. The molecule has 102 valence electrons. The summed E-state index contributed by atoms with van der Waals surface area (Å²) < 4.78 is 25.1. The van der Waals surface area contributed by atoms with Crippen molar-refractivity contribution in [1.29, 1.82) is 0 Å². The fraction of sp³-hybridized carbons (Fsp3) is 0.600. The van der Waals surface area contributed by atoms with Gasteiger partial charge in [0.25, 0.3) is 5.56 Å². The van der Waals surface area contributed by atoms with Gasteiger partial charge < -0.3 is 10.3 Å². The van der Waals surface area contributed by atoms with E-state index < -0.39 is 21.1 Å². The van der Waals surface area contributed by atoms with Crippen molar-refractivity contribution in [2.75, 3.05) is 17.2 Å². The van der Waals surface area contributed by atoms with Crippen LogP contribution in [0.4, 0.5) is 5.69 Å². The first-order valence-electron chi connectivity index (χ1n) is 5.55. The van der Waals surface area contributed by atoms with Gasteiger partial charge in [-0.1, -0.05) is 6.92 Å². The molecule has 0 radical (unpaired) electrons. The highest BCUT2D eigenvalue weighted by molar-refractivity contribution is 7.91. The molecule has 0 aliphatic rings. The van der Waals surface area contributed by atoms with Gasteiger partial charge >= 0.3 is 5.69 Å². The molecule has 1 aromatic rings. The summed E-state index contributed by atoms with van der Waals surface area (Å²) >= 11 is 0. The SMILES string of the molecule is CCCS(=O)(=O)CCn1c(=O)c(N)cn(C)c1=O. The molecule has 0 aromatic carbocycles. The second-order valence-electron chi connectivity index (χ2n) is 4.09. The van der Waals surface area contributed by atoms with Gasteiger partial charge in [0.2, 0.25) is 0 Å². The number of sulfone groups is 1. The van der Waals surface area contributed by atoms with Gasteiger partial charge in [0.15, 0.2) is 9.84 Å². The van der Waals surface area contributed by atoms with Gasteiger partial charge in [0.05, 0.1) is 5.75 Å². The monoisotopic (exact) mass is 275 g/mol.